The van der Waals surface area contributed by atoms with Gasteiger partial charge in [-0.1, -0.05) is 216 Å². The Balaban J connectivity index is 0.000000553. The first-order valence-electron chi connectivity index (χ1n) is 32.7. The van der Waals surface area contributed by atoms with Crippen LogP contribution in [0.5, 0.6) is 0 Å². The zero-order valence-electron chi connectivity index (χ0n) is 54.7. The molecule has 4 atom stereocenters. The van der Waals surface area contributed by atoms with Crippen molar-refractivity contribution in [3.8, 4) is 0 Å². The largest absolute Gasteiger partial charge is 2.00 e. The Morgan fingerprint density at radius 2 is 0.512 bits per heavy atom. The van der Waals surface area contributed by atoms with Gasteiger partial charge in [0.2, 0.25) is 0 Å². The molecule has 8 rings (SSSR count). The van der Waals surface area contributed by atoms with E-state index in [-0.39, 0.29) is 109 Å². The number of hydrogen-bond donors (Lipinski definition) is 0. The van der Waals surface area contributed by atoms with Crippen LogP contribution >= 0.6 is 31.7 Å². The first kappa shape index (κ1) is 81.4. The molecule has 0 aliphatic rings. The number of benzene rings is 4. The number of fused-ring (bicyclic) bond motifs is 4. The van der Waals surface area contributed by atoms with Crippen molar-refractivity contribution in [3.05, 3.63) is 146 Å². The van der Waals surface area contributed by atoms with E-state index < -0.39 is 0 Å². The summed E-state index contributed by atoms with van der Waals surface area (Å²) < 4.78 is 0. The van der Waals surface area contributed by atoms with Gasteiger partial charge in [0.05, 0.1) is 0 Å². The molecule has 0 saturated carbocycles. The van der Waals surface area contributed by atoms with Crippen LogP contribution in [0.1, 0.15) is 212 Å². The first-order chi connectivity index (χ1) is 39.0. The molecule has 460 valence electrons. The topological polar surface area (TPSA) is 0 Å². The predicted molar refractivity (Wildman–Crippen MR) is 379 cm³/mol. The predicted octanol–water partition coefficient (Wildman–Crippen LogP) is 18.2. The molecule has 0 N–H and O–H groups in total. The van der Waals surface area contributed by atoms with Gasteiger partial charge in [-0.3, -0.25) is 0 Å². The summed E-state index contributed by atoms with van der Waals surface area (Å²) >= 11 is 0. The maximum atomic E-state index is 2.47. The summed E-state index contributed by atoms with van der Waals surface area (Å²) in [5.41, 5.74) is 3.30. The zero-order valence-corrected chi connectivity index (χ0v) is 64.7. The van der Waals surface area contributed by atoms with Gasteiger partial charge < -0.3 is 24.8 Å². The molecule has 0 nitrogen and oxygen atoms in total. The van der Waals surface area contributed by atoms with Crippen LogP contribution in [0.4, 0.5) is 0 Å². The van der Waals surface area contributed by atoms with Gasteiger partial charge in [-0.15, -0.1) is 161 Å². The Kier molecular flexibility index (Phi) is 45.9. The molecular formula is C76H112Cl2P4Zr2-2. The quantitative estimate of drug-likeness (QED) is 0.0224. The molecule has 0 aromatic heterocycles. The summed E-state index contributed by atoms with van der Waals surface area (Å²) in [5, 5.41) is 17.9. The van der Waals surface area contributed by atoms with Gasteiger partial charge in [0.25, 0.3) is 0 Å². The van der Waals surface area contributed by atoms with Gasteiger partial charge in [-0.05, 0) is 98.7 Å². The summed E-state index contributed by atoms with van der Waals surface area (Å²) in [5.74, 6) is 0. The fraction of sp³-hybridized carbons (Fsp3) is 0.526. The maximum absolute atomic E-state index is 2.47. The molecule has 0 bridgehead atoms. The van der Waals surface area contributed by atoms with E-state index >= 15 is 0 Å². The molecule has 0 fully saturated rings. The molecule has 0 aliphatic carbocycles. The minimum atomic E-state index is -0.0252. The smallest absolute Gasteiger partial charge is 1.00 e. The van der Waals surface area contributed by atoms with Crippen LogP contribution in [0, 0.1) is 0 Å². The molecule has 0 heterocycles. The fourth-order valence-electron chi connectivity index (χ4n) is 11.5. The third-order valence-corrected chi connectivity index (χ3v) is 29.5. The van der Waals surface area contributed by atoms with Crippen LogP contribution in [0.15, 0.2) is 146 Å². The summed E-state index contributed by atoms with van der Waals surface area (Å²) in [6.45, 7) is 28.2. The molecule has 0 spiro atoms. The van der Waals surface area contributed by atoms with Crippen molar-refractivity contribution in [1.82, 2.24) is 0 Å². The Hall–Kier alpha value is -0.614. The molecule has 8 aromatic rings. The summed E-state index contributed by atoms with van der Waals surface area (Å²) in [4.78, 5) is 0. The van der Waals surface area contributed by atoms with Crippen LogP contribution in [-0.2, 0) is 52.4 Å². The van der Waals surface area contributed by atoms with E-state index in [2.05, 4.69) is 229 Å². The van der Waals surface area contributed by atoms with Gasteiger partial charge in [0.1, 0.15) is 0 Å². The molecular weight excluding hydrogens is 1290 g/mol. The van der Waals surface area contributed by atoms with Crippen LogP contribution in [0.3, 0.4) is 0 Å². The number of unbranched alkanes of at least 4 members (excludes halogenated alkanes) is 12. The second-order valence-electron chi connectivity index (χ2n) is 23.4. The van der Waals surface area contributed by atoms with Gasteiger partial charge in [0.15, 0.2) is 0 Å². The standard InChI is InChI=1S/2C21H32P.2C17H24P.2ClH.2Zr/c2*1-3-5-7-11-15-22(16-12-8-6-4-2)21-17-19-13-9-10-14-20(19)18-21;2*1-5-13(3)18(14(4)6-2)17-11-15-9-7-8-10-16(15)12-17;;;;/h2*9-10,13-14,17-18H,3-8,11-12,15-16H2,1-2H3;2*7-14H,5-6H2,1-4H3;2*1H;;/q4*-1;;;2*+2/p-2. The van der Waals surface area contributed by atoms with Crippen LogP contribution in [0.25, 0.3) is 43.1 Å². The number of rotatable bonds is 32. The SMILES string of the molecule is CCC(C)P(c1cc2ccccc2[cH-]1)C(C)CC.CCC(C)P(c1cc2ccccc2[cH-]1)C(C)CC.CCCCCCP(CCCCCC)c1cc2ccccc2[cH-]1.CCCCCCP(CCCCCC)c1cc2ccccc2[cH-]1.[Cl-].[Cl-].[Zr+2].[Zr+2]. The fourth-order valence-corrected chi connectivity index (χ4v) is 23.2. The van der Waals surface area contributed by atoms with E-state index in [4.69, 9.17) is 0 Å². The number of halogens is 2. The average Bonchev–Trinajstić information content (AvgIpc) is 4.41. The van der Waals surface area contributed by atoms with E-state index in [9.17, 15) is 0 Å². The van der Waals surface area contributed by atoms with Gasteiger partial charge in [-0.25, -0.2) is 0 Å². The summed E-state index contributed by atoms with van der Waals surface area (Å²) in [6.07, 6.45) is 33.3. The molecule has 4 unspecified atom stereocenters. The van der Waals surface area contributed by atoms with Crippen LogP contribution < -0.4 is 46.0 Å². The average molecular weight is 1400 g/mol. The monoisotopic (exact) mass is 1400 g/mol. The molecule has 0 radical (unpaired) electrons. The van der Waals surface area contributed by atoms with Crippen molar-refractivity contribution in [2.75, 3.05) is 24.6 Å². The molecule has 8 aromatic carbocycles. The van der Waals surface area contributed by atoms with E-state index in [1.807, 2.05) is 0 Å². The third-order valence-electron chi connectivity index (χ3n) is 17.1. The molecule has 8 heteroatoms. The van der Waals surface area contributed by atoms with E-state index in [0.29, 0.717) is 0 Å². The van der Waals surface area contributed by atoms with E-state index in [0.717, 1.165) is 22.6 Å². The molecule has 0 amide bonds. The minimum absolute atomic E-state index is 0. The van der Waals surface area contributed by atoms with Crippen molar-refractivity contribution in [1.29, 1.82) is 0 Å². The van der Waals surface area contributed by atoms with Crippen molar-refractivity contribution in [2.45, 2.75) is 234 Å². The van der Waals surface area contributed by atoms with Gasteiger partial charge >= 0.3 is 52.4 Å². The second-order valence-corrected chi connectivity index (χ2v) is 34.6. The maximum Gasteiger partial charge on any atom is 2.00 e. The van der Waals surface area contributed by atoms with Crippen molar-refractivity contribution >= 4 is 96.0 Å². The third kappa shape index (κ3) is 27.1. The Morgan fingerprint density at radius 1 is 0.298 bits per heavy atom. The minimum Gasteiger partial charge on any atom is -1.00 e. The molecule has 84 heavy (non-hydrogen) atoms. The normalized spacial score (nSPS) is 13.2. The van der Waals surface area contributed by atoms with Crippen molar-refractivity contribution in [2.24, 2.45) is 0 Å². The Bertz CT molecular complexity index is 2470. The van der Waals surface area contributed by atoms with E-state index in [1.165, 1.54) is 196 Å². The van der Waals surface area contributed by atoms with Gasteiger partial charge in [-0.2, -0.15) is 24.3 Å². The van der Waals surface area contributed by atoms with Crippen LogP contribution in [-0.4, -0.2) is 47.3 Å². The molecule has 0 saturated heterocycles. The van der Waals surface area contributed by atoms with Gasteiger partial charge in [0, 0.05) is 0 Å². The van der Waals surface area contributed by atoms with Crippen molar-refractivity contribution in [3.63, 3.8) is 0 Å². The van der Waals surface area contributed by atoms with Crippen LogP contribution in [0.2, 0.25) is 0 Å². The zero-order chi connectivity index (χ0) is 57.5. The second kappa shape index (κ2) is 47.3. The summed E-state index contributed by atoms with van der Waals surface area (Å²) in [6, 6.07) is 54.8. The first-order valence-corrected chi connectivity index (χ1v) is 39.1. The summed E-state index contributed by atoms with van der Waals surface area (Å²) in [7, 11) is 0.0780. The van der Waals surface area contributed by atoms with E-state index in [1.54, 1.807) is 21.2 Å². The van der Waals surface area contributed by atoms with Crippen molar-refractivity contribution < 1.29 is 77.2 Å². The molecule has 0 aliphatic heterocycles. The Morgan fingerprint density at radius 3 is 0.726 bits per heavy atom. The number of hydrogen-bond acceptors (Lipinski definition) is 0. The Labute approximate surface area is 572 Å².